The van der Waals surface area contributed by atoms with Gasteiger partial charge in [-0.15, -0.1) is 11.6 Å². The molecule has 1 saturated heterocycles. The molecule has 6 nitrogen and oxygen atoms in total. The number of nitrogens with one attached hydrogen (secondary N) is 2. The van der Waals surface area contributed by atoms with E-state index in [-0.39, 0.29) is 24.9 Å². The van der Waals surface area contributed by atoms with E-state index >= 15 is 0 Å². The molecule has 1 aliphatic carbocycles. The summed E-state index contributed by atoms with van der Waals surface area (Å²) in [6.45, 7) is 1.85. The zero-order valence-electron chi connectivity index (χ0n) is 22.5. The van der Waals surface area contributed by atoms with Gasteiger partial charge in [-0.2, -0.15) is 17.5 Å². The van der Waals surface area contributed by atoms with Crippen molar-refractivity contribution in [3.63, 3.8) is 0 Å². The monoisotopic (exact) mass is 599 g/mol. The van der Waals surface area contributed by atoms with Crippen molar-refractivity contribution < 1.29 is 26.4 Å². The van der Waals surface area contributed by atoms with Crippen molar-refractivity contribution in [2.24, 2.45) is 0 Å². The maximum Gasteiger partial charge on any atom is 0.416 e. The van der Waals surface area contributed by atoms with Crippen molar-refractivity contribution in [2.45, 2.75) is 87.5 Å². The van der Waals surface area contributed by atoms with Crippen molar-refractivity contribution >= 4 is 27.5 Å². The quantitative estimate of drug-likeness (QED) is 0.247. The minimum atomic E-state index is -4.65. The topological polar surface area (TPSA) is 78.5 Å². The average molecular weight is 600 g/mol. The van der Waals surface area contributed by atoms with Crippen LogP contribution in [0.25, 0.3) is 0 Å². The molecule has 2 aromatic rings. The molecule has 2 aliphatic rings. The normalized spacial score (nSPS) is 20.2. The number of carbonyl (C=O) groups is 1. The summed E-state index contributed by atoms with van der Waals surface area (Å²) in [6, 6.07) is 9.37. The summed E-state index contributed by atoms with van der Waals surface area (Å²) in [4.78, 5) is 12.8. The largest absolute Gasteiger partial charge is 0.416 e. The van der Waals surface area contributed by atoms with Gasteiger partial charge in [0.25, 0.3) is 0 Å². The van der Waals surface area contributed by atoms with E-state index in [0.717, 1.165) is 69.3 Å². The van der Waals surface area contributed by atoms with Gasteiger partial charge in [-0.3, -0.25) is 4.79 Å². The fourth-order valence-corrected chi connectivity index (χ4v) is 7.56. The Bertz CT molecular complexity index is 1270. The Morgan fingerprint density at radius 2 is 1.88 bits per heavy atom. The second-order valence-corrected chi connectivity index (χ2v) is 12.9. The zero-order chi connectivity index (χ0) is 28.8. The molecule has 220 valence electrons. The number of carbonyl (C=O) groups excluding carboxylic acids is 1. The van der Waals surface area contributed by atoms with Crippen LogP contribution in [0.15, 0.2) is 47.4 Å². The van der Waals surface area contributed by atoms with Gasteiger partial charge >= 0.3 is 6.18 Å². The van der Waals surface area contributed by atoms with E-state index < -0.39 is 32.7 Å². The molecule has 0 aromatic heterocycles. The number of hydrogen-bond donors (Lipinski definition) is 2. The number of halogens is 4. The maximum absolute atomic E-state index is 13.4. The molecule has 1 heterocycles. The van der Waals surface area contributed by atoms with E-state index in [9.17, 15) is 26.4 Å². The molecule has 4 rings (SSSR count). The van der Waals surface area contributed by atoms with Crippen LogP contribution < -0.4 is 10.6 Å². The Balaban J connectivity index is 1.41. The molecule has 1 aliphatic heterocycles. The van der Waals surface area contributed by atoms with Crippen LogP contribution in [-0.2, 0) is 34.0 Å². The fourth-order valence-electron chi connectivity index (χ4n) is 5.63. The Hall–Kier alpha value is -2.14. The molecule has 11 heteroatoms. The van der Waals surface area contributed by atoms with Crippen molar-refractivity contribution in [2.75, 3.05) is 19.0 Å². The number of amides is 1. The van der Waals surface area contributed by atoms with Gasteiger partial charge in [0.1, 0.15) is 0 Å². The van der Waals surface area contributed by atoms with Crippen LogP contribution in [-0.4, -0.2) is 43.6 Å². The standard InChI is InChI=1S/C29H37ClF3N3O3S/c30-14-2-3-15-34-20-21-12-13-26-22(17-21)7-5-11-27(26)35-28(37)19-24-9-1-4-16-36(24)40(38,39)25-10-6-8-23(18-25)29(31,32)33/h6,8,10,12-13,17-18,24,27,34H,1-5,7,9,11,14-16,19-20H2,(H,35,37)/t24-,27+/m0/s1. The van der Waals surface area contributed by atoms with Gasteiger partial charge in [-0.1, -0.05) is 30.7 Å². The van der Waals surface area contributed by atoms with Gasteiger partial charge in [0.15, 0.2) is 0 Å². The van der Waals surface area contributed by atoms with E-state index in [4.69, 9.17) is 11.6 Å². The molecule has 2 aromatic carbocycles. The lowest BCUT2D eigenvalue weighted by Gasteiger charge is -2.35. The van der Waals surface area contributed by atoms with Gasteiger partial charge in [-0.05, 0) is 86.4 Å². The molecular formula is C29H37ClF3N3O3S. The molecular weight excluding hydrogens is 563 g/mol. The number of sulfonamides is 1. The van der Waals surface area contributed by atoms with Crippen LogP contribution in [0.1, 0.15) is 79.7 Å². The molecule has 0 spiro atoms. The average Bonchev–Trinajstić information content (AvgIpc) is 2.93. The third kappa shape index (κ3) is 7.78. The summed E-state index contributed by atoms with van der Waals surface area (Å²) in [6.07, 6.45) is 1.83. The van der Waals surface area contributed by atoms with Crippen molar-refractivity contribution in [1.82, 2.24) is 14.9 Å². The Kier molecular flexibility index (Phi) is 10.5. The predicted octanol–water partition coefficient (Wildman–Crippen LogP) is 5.94. The molecule has 1 fully saturated rings. The van der Waals surface area contributed by atoms with Gasteiger partial charge < -0.3 is 10.6 Å². The van der Waals surface area contributed by atoms with Crippen molar-refractivity contribution in [3.8, 4) is 0 Å². The number of hydrogen-bond acceptors (Lipinski definition) is 4. The second kappa shape index (κ2) is 13.7. The first-order valence-electron chi connectivity index (χ1n) is 14.0. The smallest absolute Gasteiger partial charge is 0.349 e. The van der Waals surface area contributed by atoms with Crippen LogP contribution in [0.3, 0.4) is 0 Å². The van der Waals surface area contributed by atoms with E-state index in [1.165, 1.54) is 21.5 Å². The number of unbranched alkanes of at least 4 members (excludes halogenated alkanes) is 1. The Labute approximate surface area is 239 Å². The van der Waals surface area contributed by atoms with Gasteiger partial charge in [0.2, 0.25) is 15.9 Å². The lowest BCUT2D eigenvalue weighted by Crippen LogP contribution is -2.46. The van der Waals surface area contributed by atoms with Crippen LogP contribution in [0, 0.1) is 0 Å². The number of aryl methyl sites for hydroxylation is 1. The first kappa shape index (κ1) is 30.8. The first-order valence-corrected chi connectivity index (χ1v) is 15.9. The molecule has 0 saturated carbocycles. The maximum atomic E-state index is 13.4. The predicted molar refractivity (Wildman–Crippen MR) is 150 cm³/mol. The van der Waals surface area contributed by atoms with E-state index in [1.54, 1.807) is 0 Å². The van der Waals surface area contributed by atoms with Crippen molar-refractivity contribution in [3.05, 3.63) is 64.7 Å². The highest BCUT2D eigenvalue weighted by Gasteiger charge is 2.37. The number of alkyl halides is 4. The number of rotatable bonds is 11. The SMILES string of the molecule is O=C(C[C@@H]1CCCCN1S(=O)(=O)c1cccc(C(F)(F)F)c1)N[C@@H]1CCCc2cc(CNCCCCCl)ccc21. The van der Waals surface area contributed by atoms with Gasteiger partial charge in [-0.25, -0.2) is 8.42 Å². The summed E-state index contributed by atoms with van der Waals surface area (Å²) in [7, 11) is -4.20. The minimum Gasteiger partial charge on any atom is -0.349 e. The zero-order valence-corrected chi connectivity index (χ0v) is 24.1. The van der Waals surface area contributed by atoms with E-state index in [1.807, 2.05) is 0 Å². The fraction of sp³-hybridized carbons (Fsp3) is 0.552. The Morgan fingerprint density at radius 1 is 1.05 bits per heavy atom. The van der Waals surface area contributed by atoms with Crippen LogP contribution in [0.5, 0.6) is 0 Å². The first-order chi connectivity index (χ1) is 19.1. The number of piperidine rings is 1. The summed E-state index contributed by atoms with van der Waals surface area (Å²) in [5.41, 5.74) is 2.47. The molecule has 40 heavy (non-hydrogen) atoms. The highest BCUT2D eigenvalue weighted by molar-refractivity contribution is 7.89. The van der Waals surface area contributed by atoms with E-state index in [2.05, 4.69) is 28.8 Å². The minimum absolute atomic E-state index is 0.0334. The molecule has 1 amide bonds. The number of nitrogens with zero attached hydrogens (tertiary/aromatic N) is 1. The number of fused-ring (bicyclic) bond motifs is 1. The number of benzene rings is 2. The molecule has 0 bridgehead atoms. The van der Waals surface area contributed by atoms with Crippen LogP contribution >= 0.6 is 11.6 Å². The molecule has 2 N–H and O–H groups in total. The third-order valence-electron chi connectivity index (χ3n) is 7.69. The Morgan fingerprint density at radius 3 is 2.65 bits per heavy atom. The van der Waals surface area contributed by atoms with E-state index in [0.29, 0.717) is 24.8 Å². The lowest BCUT2D eigenvalue weighted by molar-refractivity contribution is -0.137. The highest BCUT2D eigenvalue weighted by Crippen LogP contribution is 2.34. The summed E-state index contributed by atoms with van der Waals surface area (Å²) < 4.78 is 67.7. The molecule has 0 unspecified atom stereocenters. The summed E-state index contributed by atoms with van der Waals surface area (Å²) >= 11 is 5.73. The summed E-state index contributed by atoms with van der Waals surface area (Å²) in [5.74, 6) is 0.414. The molecule has 0 radical (unpaired) electrons. The lowest BCUT2D eigenvalue weighted by atomic mass is 9.86. The molecule has 2 atom stereocenters. The van der Waals surface area contributed by atoms with Gasteiger partial charge in [0.05, 0.1) is 16.5 Å². The van der Waals surface area contributed by atoms with Crippen molar-refractivity contribution in [1.29, 1.82) is 0 Å². The van der Waals surface area contributed by atoms with Crippen LogP contribution in [0.2, 0.25) is 0 Å². The highest BCUT2D eigenvalue weighted by atomic mass is 35.5. The van der Waals surface area contributed by atoms with Gasteiger partial charge in [0, 0.05) is 31.4 Å². The second-order valence-electron chi connectivity index (χ2n) is 10.6. The van der Waals surface area contributed by atoms with Crippen LogP contribution in [0.4, 0.5) is 13.2 Å². The summed E-state index contributed by atoms with van der Waals surface area (Å²) in [5, 5.41) is 6.54. The third-order valence-corrected chi connectivity index (χ3v) is 9.90.